The number of hydrogen-bond acceptors (Lipinski definition) is 2. The first-order valence-electron chi connectivity index (χ1n) is 8.78. The van der Waals surface area contributed by atoms with Gasteiger partial charge >= 0.3 is 6.18 Å². The molecule has 0 atom stereocenters. The fourth-order valence-corrected chi connectivity index (χ4v) is 3.00. The maximum absolute atomic E-state index is 12.7. The molecular weight excluding hydrogens is 343 g/mol. The number of H-pyrrole nitrogens is 1. The smallest absolute Gasteiger partial charge is 0.336 e. The monoisotopic (exact) mass is 365 g/mol. The molecule has 4 nitrogen and oxygen atoms in total. The molecule has 0 spiro atoms. The molecule has 0 aliphatic heterocycles. The molecule has 1 saturated carbocycles. The van der Waals surface area contributed by atoms with Gasteiger partial charge in [0.2, 0.25) is 5.91 Å². The Balaban J connectivity index is 1.72. The molecule has 2 aromatic rings. The number of hydrogen-bond donors (Lipinski definition) is 1. The fourth-order valence-electron chi connectivity index (χ4n) is 3.00. The Morgan fingerprint density at radius 1 is 1.27 bits per heavy atom. The van der Waals surface area contributed by atoms with E-state index in [-0.39, 0.29) is 23.6 Å². The number of rotatable bonds is 5. The Morgan fingerprint density at radius 3 is 2.38 bits per heavy atom. The van der Waals surface area contributed by atoms with Crippen LogP contribution in [-0.4, -0.2) is 27.0 Å². The van der Waals surface area contributed by atoms with Crippen molar-refractivity contribution in [1.82, 2.24) is 15.1 Å². The average molecular weight is 365 g/mol. The van der Waals surface area contributed by atoms with Crippen LogP contribution in [0.3, 0.4) is 0 Å². The molecule has 1 aromatic heterocycles. The molecule has 0 radical (unpaired) electrons. The van der Waals surface area contributed by atoms with E-state index in [4.69, 9.17) is 0 Å². The van der Waals surface area contributed by atoms with Gasteiger partial charge in [0.15, 0.2) is 0 Å². The summed E-state index contributed by atoms with van der Waals surface area (Å²) in [5.41, 5.74) is 0.924. The van der Waals surface area contributed by atoms with E-state index >= 15 is 0 Å². The molecule has 1 N–H and O–H groups in total. The largest absolute Gasteiger partial charge is 0.432 e. The van der Waals surface area contributed by atoms with Crippen LogP contribution in [0.5, 0.6) is 0 Å². The first-order chi connectivity index (χ1) is 12.3. The minimum Gasteiger partial charge on any atom is -0.336 e. The minimum atomic E-state index is -4.44. The van der Waals surface area contributed by atoms with Gasteiger partial charge in [-0.15, -0.1) is 0 Å². The summed E-state index contributed by atoms with van der Waals surface area (Å²) in [5, 5.41) is 5.75. The lowest BCUT2D eigenvalue weighted by atomic mass is 9.84. The number of alkyl halides is 3. The van der Waals surface area contributed by atoms with E-state index in [0.29, 0.717) is 12.1 Å². The van der Waals surface area contributed by atoms with Crippen LogP contribution in [0.2, 0.25) is 0 Å². The van der Waals surface area contributed by atoms with E-state index in [2.05, 4.69) is 5.10 Å². The van der Waals surface area contributed by atoms with Crippen LogP contribution in [0.15, 0.2) is 30.3 Å². The third-order valence-electron chi connectivity index (χ3n) is 4.85. The van der Waals surface area contributed by atoms with Crippen molar-refractivity contribution in [1.29, 1.82) is 0 Å². The number of benzene rings is 1. The van der Waals surface area contributed by atoms with Crippen molar-refractivity contribution in [3.05, 3.63) is 41.6 Å². The van der Waals surface area contributed by atoms with Crippen molar-refractivity contribution in [3.63, 3.8) is 0 Å². The number of nitrogens with zero attached hydrogens (tertiary/aromatic N) is 2. The molecule has 0 saturated heterocycles. The van der Waals surface area contributed by atoms with Crippen molar-refractivity contribution in [2.75, 3.05) is 0 Å². The quantitative estimate of drug-likeness (QED) is 0.840. The highest BCUT2D eigenvalue weighted by Gasteiger charge is 2.33. The van der Waals surface area contributed by atoms with Crippen molar-refractivity contribution in [2.24, 2.45) is 5.92 Å². The Kier molecular flexibility index (Phi) is 5.07. The Bertz CT molecular complexity index is 761. The number of halogens is 3. The molecule has 0 unspecified atom stereocenters. The SMILES string of the molecule is CC(C)N(Cc1ccc(-c2cc(C(F)(F)F)[nH]n2)cc1)C(=O)C1CCC1. The molecule has 1 fully saturated rings. The van der Waals surface area contributed by atoms with Gasteiger partial charge in [-0.25, -0.2) is 0 Å². The summed E-state index contributed by atoms with van der Waals surface area (Å²) in [6.45, 7) is 4.49. The summed E-state index contributed by atoms with van der Waals surface area (Å²) < 4.78 is 38.0. The van der Waals surface area contributed by atoms with E-state index in [1.165, 1.54) is 0 Å². The Hall–Kier alpha value is -2.31. The lowest BCUT2D eigenvalue weighted by molar-refractivity contribution is -0.141. The Morgan fingerprint density at radius 2 is 1.92 bits per heavy atom. The molecule has 26 heavy (non-hydrogen) atoms. The van der Waals surface area contributed by atoms with Gasteiger partial charge in [0, 0.05) is 24.1 Å². The number of aromatic amines is 1. The highest BCUT2D eigenvalue weighted by Crippen LogP contribution is 2.31. The third-order valence-corrected chi connectivity index (χ3v) is 4.85. The molecule has 7 heteroatoms. The van der Waals surface area contributed by atoms with Crippen LogP contribution in [0, 0.1) is 5.92 Å². The number of carbonyl (C=O) groups is 1. The van der Waals surface area contributed by atoms with Crippen LogP contribution in [-0.2, 0) is 17.5 Å². The van der Waals surface area contributed by atoms with Crippen molar-refractivity contribution in [2.45, 2.75) is 51.9 Å². The lowest BCUT2D eigenvalue weighted by Crippen LogP contribution is -2.42. The highest BCUT2D eigenvalue weighted by atomic mass is 19.4. The van der Waals surface area contributed by atoms with Crippen LogP contribution in [0.4, 0.5) is 13.2 Å². The molecule has 3 rings (SSSR count). The Labute approximate surface area is 150 Å². The van der Waals surface area contributed by atoms with Gasteiger partial charge in [0.1, 0.15) is 5.69 Å². The van der Waals surface area contributed by atoms with Gasteiger partial charge < -0.3 is 4.90 Å². The summed E-state index contributed by atoms with van der Waals surface area (Å²) in [6.07, 6.45) is -1.41. The van der Waals surface area contributed by atoms with Gasteiger partial charge in [0.05, 0.1) is 5.69 Å². The first-order valence-corrected chi connectivity index (χ1v) is 8.78. The number of aromatic nitrogens is 2. The number of amides is 1. The lowest BCUT2D eigenvalue weighted by Gasteiger charge is -2.34. The summed E-state index contributed by atoms with van der Waals surface area (Å²) >= 11 is 0. The van der Waals surface area contributed by atoms with Crippen LogP contribution >= 0.6 is 0 Å². The predicted molar refractivity (Wildman–Crippen MR) is 92.1 cm³/mol. The second kappa shape index (κ2) is 7.13. The maximum Gasteiger partial charge on any atom is 0.432 e. The molecule has 1 heterocycles. The van der Waals surface area contributed by atoms with Crippen LogP contribution in [0.25, 0.3) is 11.3 Å². The summed E-state index contributed by atoms with van der Waals surface area (Å²) in [4.78, 5) is 14.4. The third kappa shape index (κ3) is 3.92. The van der Waals surface area contributed by atoms with Crippen molar-refractivity contribution < 1.29 is 18.0 Å². The number of nitrogens with one attached hydrogen (secondary N) is 1. The normalized spacial score (nSPS) is 15.2. The zero-order valence-electron chi connectivity index (χ0n) is 14.8. The van der Waals surface area contributed by atoms with Crippen molar-refractivity contribution in [3.8, 4) is 11.3 Å². The number of carbonyl (C=O) groups excluding carboxylic acids is 1. The zero-order valence-corrected chi connectivity index (χ0v) is 14.8. The van der Waals surface area contributed by atoms with Crippen LogP contribution in [0.1, 0.15) is 44.4 Å². The second-order valence-corrected chi connectivity index (χ2v) is 7.05. The standard InChI is InChI=1S/C19H22F3N3O/c1-12(2)25(18(26)15-4-3-5-15)11-13-6-8-14(9-7-13)16-10-17(24-23-16)19(20,21)22/h6-10,12,15H,3-5,11H2,1-2H3,(H,23,24). The first kappa shape index (κ1) is 18.5. The predicted octanol–water partition coefficient (Wildman–Crippen LogP) is 4.63. The van der Waals surface area contributed by atoms with Crippen LogP contribution < -0.4 is 0 Å². The topological polar surface area (TPSA) is 49.0 Å². The highest BCUT2D eigenvalue weighted by molar-refractivity contribution is 5.79. The van der Waals surface area contributed by atoms with Gasteiger partial charge in [-0.3, -0.25) is 9.89 Å². The maximum atomic E-state index is 12.7. The fraction of sp³-hybridized carbons (Fsp3) is 0.474. The zero-order chi connectivity index (χ0) is 18.9. The van der Waals surface area contributed by atoms with Crippen molar-refractivity contribution >= 4 is 5.91 Å². The molecule has 1 aromatic carbocycles. The molecule has 140 valence electrons. The average Bonchev–Trinajstić information content (AvgIpc) is 3.01. The molecular formula is C19H22F3N3O. The summed E-state index contributed by atoms with van der Waals surface area (Å²) in [7, 11) is 0. The molecule has 1 aliphatic carbocycles. The minimum absolute atomic E-state index is 0.100. The summed E-state index contributed by atoms with van der Waals surface area (Å²) in [5.74, 6) is 0.332. The van der Waals surface area contributed by atoms with E-state index < -0.39 is 11.9 Å². The van der Waals surface area contributed by atoms with E-state index in [1.54, 1.807) is 12.1 Å². The van der Waals surface area contributed by atoms with Gasteiger partial charge in [-0.1, -0.05) is 30.7 Å². The van der Waals surface area contributed by atoms with E-state index in [0.717, 1.165) is 30.9 Å². The summed E-state index contributed by atoms with van der Waals surface area (Å²) in [6, 6.07) is 8.23. The van der Waals surface area contributed by atoms with E-state index in [9.17, 15) is 18.0 Å². The van der Waals surface area contributed by atoms with Gasteiger partial charge in [-0.2, -0.15) is 18.3 Å². The van der Waals surface area contributed by atoms with Gasteiger partial charge in [-0.05, 0) is 38.3 Å². The molecule has 1 aliphatic rings. The molecule has 0 bridgehead atoms. The van der Waals surface area contributed by atoms with Gasteiger partial charge in [0.25, 0.3) is 0 Å². The van der Waals surface area contributed by atoms with E-state index in [1.807, 2.05) is 36.0 Å². The second-order valence-electron chi connectivity index (χ2n) is 7.05. The molecule has 1 amide bonds.